The molecule has 1 aromatic rings. The molecule has 3 heteroatoms. The lowest BCUT2D eigenvalue weighted by molar-refractivity contribution is -0.534. The van der Waals surface area contributed by atoms with Crippen molar-refractivity contribution in [3.05, 3.63) is 58.2 Å². The van der Waals surface area contributed by atoms with Crippen molar-refractivity contribution in [1.29, 1.82) is 0 Å². The molecule has 0 aliphatic heterocycles. The molecule has 0 heterocycles. The van der Waals surface area contributed by atoms with Crippen molar-refractivity contribution in [1.82, 2.24) is 0 Å². The first-order valence-corrected chi connectivity index (χ1v) is 5.55. The molecule has 0 saturated heterocycles. The number of allylic oxidation sites excluding steroid dienone is 1. The van der Waals surface area contributed by atoms with Gasteiger partial charge >= 0.3 is 0 Å². The molecule has 1 aliphatic rings. The zero-order chi connectivity index (χ0) is 11.5. The highest BCUT2D eigenvalue weighted by molar-refractivity contribution is 5.24. The summed E-state index contributed by atoms with van der Waals surface area (Å²) in [5.41, 5.74) is 1.07. The summed E-state index contributed by atoms with van der Waals surface area (Å²) in [4.78, 5) is 11.0. The van der Waals surface area contributed by atoms with Crippen LogP contribution in [0.5, 0.6) is 0 Å². The average molecular weight is 217 g/mol. The van der Waals surface area contributed by atoms with Gasteiger partial charge < -0.3 is 0 Å². The van der Waals surface area contributed by atoms with Crippen LogP contribution in [0.1, 0.15) is 24.8 Å². The SMILES string of the molecule is CC1C=CCC(c2ccccc2)C1[N+](=O)[O-]. The zero-order valence-electron chi connectivity index (χ0n) is 9.24. The molecule has 0 bridgehead atoms. The summed E-state index contributed by atoms with van der Waals surface area (Å²) in [6, 6.07) is 9.28. The van der Waals surface area contributed by atoms with Gasteiger partial charge in [-0.15, -0.1) is 0 Å². The molecule has 0 fully saturated rings. The predicted octanol–water partition coefficient (Wildman–Crippen LogP) is 3.01. The second-order valence-electron chi connectivity index (χ2n) is 4.32. The minimum Gasteiger partial charge on any atom is -0.264 e. The lowest BCUT2D eigenvalue weighted by atomic mass is 9.79. The number of nitro groups is 1. The molecule has 3 nitrogen and oxygen atoms in total. The van der Waals surface area contributed by atoms with Crippen LogP contribution in [-0.4, -0.2) is 11.0 Å². The van der Waals surface area contributed by atoms with Gasteiger partial charge in [0.1, 0.15) is 0 Å². The van der Waals surface area contributed by atoms with Crippen molar-refractivity contribution in [2.75, 3.05) is 0 Å². The van der Waals surface area contributed by atoms with Crippen LogP contribution in [0.25, 0.3) is 0 Å². The number of rotatable bonds is 2. The van der Waals surface area contributed by atoms with Crippen LogP contribution >= 0.6 is 0 Å². The van der Waals surface area contributed by atoms with Crippen molar-refractivity contribution in [3.8, 4) is 0 Å². The molecule has 0 N–H and O–H groups in total. The van der Waals surface area contributed by atoms with Gasteiger partial charge in [0.2, 0.25) is 6.04 Å². The van der Waals surface area contributed by atoms with Crippen molar-refractivity contribution in [2.24, 2.45) is 5.92 Å². The number of hydrogen-bond acceptors (Lipinski definition) is 2. The van der Waals surface area contributed by atoms with Gasteiger partial charge in [-0.25, -0.2) is 0 Å². The largest absolute Gasteiger partial charge is 0.264 e. The Morgan fingerprint density at radius 3 is 2.62 bits per heavy atom. The molecule has 1 aromatic carbocycles. The van der Waals surface area contributed by atoms with Gasteiger partial charge in [-0.2, -0.15) is 0 Å². The monoisotopic (exact) mass is 217 g/mol. The second kappa shape index (κ2) is 4.47. The van der Waals surface area contributed by atoms with Crippen LogP contribution in [-0.2, 0) is 0 Å². The molecule has 3 atom stereocenters. The fourth-order valence-corrected chi connectivity index (χ4v) is 2.43. The summed E-state index contributed by atoms with van der Waals surface area (Å²) in [6.45, 7) is 1.92. The maximum atomic E-state index is 11.1. The van der Waals surface area contributed by atoms with E-state index in [4.69, 9.17) is 0 Å². The van der Waals surface area contributed by atoms with E-state index in [9.17, 15) is 10.1 Å². The van der Waals surface area contributed by atoms with E-state index in [1.54, 1.807) is 0 Å². The minimum atomic E-state index is -0.493. The maximum Gasteiger partial charge on any atom is 0.226 e. The van der Waals surface area contributed by atoms with E-state index >= 15 is 0 Å². The molecule has 0 radical (unpaired) electrons. The molecule has 16 heavy (non-hydrogen) atoms. The summed E-state index contributed by atoms with van der Waals surface area (Å²) in [5.74, 6) is 0.0187. The third-order valence-corrected chi connectivity index (χ3v) is 3.25. The summed E-state index contributed by atoms with van der Waals surface area (Å²) >= 11 is 0. The fraction of sp³-hybridized carbons (Fsp3) is 0.385. The first kappa shape index (κ1) is 10.9. The highest BCUT2D eigenvalue weighted by Gasteiger charge is 2.37. The van der Waals surface area contributed by atoms with Gasteiger partial charge in [0.05, 0.1) is 5.92 Å². The van der Waals surface area contributed by atoms with Crippen molar-refractivity contribution in [3.63, 3.8) is 0 Å². The molecule has 2 rings (SSSR count). The van der Waals surface area contributed by atoms with E-state index in [1.807, 2.05) is 43.3 Å². The molecule has 84 valence electrons. The van der Waals surface area contributed by atoms with Crippen LogP contribution in [0, 0.1) is 16.0 Å². The fourth-order valence-electron chi connectivity index (χ4n) is 2.43. The first-order valence-electron chi connectivity index (χ1n) is 5.55. The van der Waals surface area contributed by atoms with Crippen molar-refractivity contribution >= 4 is 0 Å². The molecule has 0 saturated carbocycles. The summed E-state index contributed by atoms with van der Waals surface area (Å²) < 4.78 is 0. The Labute approximate surface area is 94.9 Å². The maximum absolute atomic E-state index is 11.1. The topological polar surface area (TPSA) is 43.1 Å². The van der Waals surface area contributed by atoms with E-state index in [1.165, 1.54) is 0 Å². The predicted molar refractivity (Wildman–Crippen MR) is 62.9 cm³/mol. The smallest absolute Gasteiger partial charge is 0.226 e. The highest BCUT2D eigenvalue weighted by Crippen LogP contribution is 2.34. The van der Waals surface area contributed by atoms with E-state index in [0.717, 1.165) is 12.0 Å². The molecule has 1 aliphatic carbocycles. The summed E-state index contributed by atoms with van der Waals surface area (Å²) in [7, 11) is 0. The average Bonchev–Trinajstić information content (AvgIpc) is 2.29. The third kappa shape index (κ3) is 1.98. The Hall–Kier alpha value is -1.64. The lowest BCUT2D eigenvalue weighted by Gasteiger charge is -2.26. The quantitative estimate of drug-likeness (QED) is 0.434. The Balaban J connectivity index is 2.33. The van der Waals surface area contributed by atoms with Gasteiger partial charge in [0, 0.05) is 10.8 Å². The molecule has 0 aromatic heterocycles. The molecular formula is C13H15NO2. The molecule has 0 amide bonds. The first-order chi connectivity index (χ1) is 7.70. The van der Waals surface area contributed by atoms with Crippen LogP contribution in [0.2, 0.25) is 0 Å². The Bertz CT molecular complexity index is 400. The third-order valence-electron chi connectivity index (χ3n) is 3.25. The number of hydrogen-bond donors (Lipinski definition) is 0. The van der Waals surface area contributed by atoms with Crippen molar-refractivity contribution < 1.29 is 4.92 Å². The number of nitrogens with zero attached hydrogens (tertiary/aromatic N) is 1. The molecular weight excluding hydrogens is 202 g/mol. The Morgan fingerprint density at radius 2 is 2.00 bits per heavy atom. The second-order valence-corrected chi connectivity index (χ2v) is 4.32. The van der Waals surface area contributed by atoms with Gasteiger partial charge in [0.25, 0.3) is 0 Å². The van der Waals surface area contributed by atoms with Crippen LogP contribution < -0.4 is 0 Å². The Morgan fingerprint density at radius 1 is 1.31 bits per heavy atom. The number of benzene rings is 1. The van der Waals surface area contributed by atoms with Crippen molar-refractivity contribution in [2.45, 2.75) is 25.3 Å². The lowest BCUT2D eigenvalue weighted by Crippen LogP contribution is -2.35. The summed E-state index contributed by atoms with van der Waals surface area (Å²) in [5, 5.41) is 11.1. The standard InChI is InChI=1S/C13H15NO2/c1-10-6-5-9-12(13(10)14(15)16)11-7-3-2-4-8-11/h2-8,10,12-13H,9H2,1H3. The molecule has 3 unspecified atom stereocenters. The van der Waals surface area contributed by atoms with Crippen LogP contribution in [0.4, 0.5) is 0 Å². The molecule has 0 spiro atoms. The minimum absolute atomic E-state index is 0.00829. The van der Waals surface area contributed by atoms with E-state index in [-0.39, 0.29) is 16.8 Å². The van der Waals surface area contributed by atoms with Crippen LogP contribution in [0.3, 0.4) is 0 Å². The van der Waals surface area contributed by atoms with E-state index in [2.05, 4.69) is 6.08 Å². The van der Waals surface area contributed by atoms with Crippen LogP contribution in [0.15, 0.2) is 42.5 Å². The summed E-state index contributed by atoms with van der Waals surface area (Å²) in [6.07, 6.45) is 4.77. The Kier molecular flexibility index (Phi) is 3.04. The van der Waals surface area contributed by atoms with Gasteiger partial charge in [0.15, 0.2) is 0 Å². The van der Waals surface area contributed by atoms with Gasteiger partial charge in [-0.1, -0.05) is 49.4 Å². The van der Waals surface area contributed by atoms with E-state index in [0.29, 0.717) is 0 Å². The van der Waals surface area contributed by atoms with Gasteiger partial charge in [-0.3, -0.25) is 10.1 Å². The van der Waals surface area contributed by atoms with E-state index < -0.39 is 6.04 Å². The van der Waals surface area contributed by atoms with Gasteiger partial charge in [-0.05, 0) is 12.0 Å². The zero-order valence-corrected chi connectivity index (χ0v) is 9.24. The normalized spacial score (nSPS) is 28.9. The highest BCUT2D eigenvalue weighted by atomic mass is 16.6.